The van der Waals surface area contributed by atoms with Gasteiger partial charge in [0.2, 0.25) is 0 Å². The number of ether oxygens (including phenoxy) is 1. The van der Waals surface area contributed by atoms with E-state index >= 15 is 0 Å². The Bertz CT molecular complexity index is 1110. The molecule has 7 heteroatoms. The Labute approximate surface area is 188 Å². The third kappa shape index (κ3) is 5.35. The van der Waals surface area contributed by atoms with E-state index in [0.717, 1.165) is 5.56 Å². The molecule has 0 fully saturated rings. The number of nitrogens with one attached hydrogen (secondary N) is 1. The second-order valence-electron chi connectivity index (χ2n) is 8.26. The third-order valence-electron chi connectivity index (χ3n) is 5.08. The van der Waals surface area contributed by atoms with E-state index in [4.69, 9.17) is 4.74 Å². The zero-order chi connectivity index (χ0) is 22.6. The van der Waals surface area contributed by atoms with Crippen LogP contribution in [0, 0.1) is 0 Å². The summed E-state index contributed by atoms with van der Waals surface area (Å²) in [7, 11) is -2.18. The molecule has 0 bridgehead atoms. The smallest absolute Gasteiger partial charge is 0.251 e. The molecule has 2 aromatic carbocycles. The lowest BCUT2D eigenvalue weighted by atomic mass is 9.87. The maximum Gasteiger partial charge on any atom is 0.251 e. The van der Waals surface area contributed by atoms with Crippen molar-refractivity contribution in [2.75, 3.05) is 13.7 Å². The molecule has 1 amide bonds. The molecule has 3 rings (SSSR count). The number of sulfone groups is 1. The highest BCUT2D eigenvalue weighted by molar-refractivity contribution is 7.91. The number of rotatable bonds is 7. The summed E-state index contributed by atoms with van der Waals surface area (Å²) in [6.45, 7) is 6.31. The second kappa shape index (κ2) is 9.24. The third-order valence-corrected chi connectivity index (χ3v) is 8.32. The number of carbonyl (C=O) groups is 1. The minimum atomic E-state index is -3.71. The Morgan fingerprint density at radius 3 is 2.19 bits per heavy atom. The number of carbonyl (C=O) groups excluding carboxylic acids is 1. The van der Waals surface area contributed by atoms with Gasteiger partial charge in [0.25, 0.3) is 5.91 Å². The van der Waals surface area contributed by atoms with E-state index in [1.807, 2.05) is 23.6 Å². The summed E-state index contributed by atoms with van der Waals surface area (Å²) in [5.74, 6) is 0.283. The van der Waals surface area contributed by atoms with Crippen LogP contribution in [0.15, 0.2) is 70.9 Å². The summed E-state index contributed by atoms with van der Waals surface area (Å²) in [6, 6.07) is 17.3. The van der Waals surface area contributed by atoms with Gasteiger partial charge in [-0.05, 0) is 58.8 Å². The molecule has 0 aliphatic rings. The molecule has 0 unspecified atom stereocenters. The summed E-state index contributed by atoms with van der Waals surface area (Å²) < 4.78 is 31.8. The molecule has 0 saturated heterocycles. The van der Waals surface area contributed by atoms with E-state index in [1.54, 1.807) is 30.3 Å². The summed E-state index contributed by atoms with van der Waals surface area (Å²) >= 11 is 1.36. The fourth-order valence-corrected chi connectivity index (χ4v) is 5.96. The molecule has 0 saturated carbocycles. The van der Waals surface area contributed by atoms with E-state index in [-0.39, 0.29) is 22.8 Å². The SMILES string of the molecule is COc1ccc(S(=O)(=O)[C@H](CNC(=O)c2ccc(C(C)(C)C)cc2)c2cccs2)cc1. The highest BCUT2D eigenvalue weighted by Gasteiger charge is 2.30. The van der Waals surface area contributed by atoms with Gasteiger partial charge in [0.15, 0.2) is 9.84 Å². The molecule has 0 radical (unpaired) electrons. The Kier molecular flexibility index (Phi) is 6.86. The van der Waals surface area contributed by atoms with Gasteiger partial charge < -0.3 is 10.1 Å². The van der Waals surface area contributed by atoms with Gasteiger partial charge in [-0.25, -0.2) is 8.42 Å². The van der Waals surface area contributed by atoms with Gasteiger partial charge in [0.05, 0.1) is 12.0 Å². The molecule has 164 valence electrons. The Morgan fingerprint density at radius 1 is 1.03 bits per heavy atom. The van der Waals surface area contributed by atoms with E-state index in [2.05, 4.69) is 26.1 Å². The van der Waals surface area contributed by atoms with Crippen molar-refractivity contribution in [2.45, 2.75) is 36.3 Å². The lowest BCUT2D eigenvalue weighted by molar-refractivity contribution is 0.0953. The minimum Gasteiger partial charge on any atom is -0.497 e. The van der Waals surface area contributed by atoms with E-state index < -0.39 is 15.1 Å². The van der Waals surface area contributed by atoms with Crippen LogP contribution in [0.1, 0.15) is 46.8 Å². The number of amides is 1. The van der Waals surface area contributed by atoms with E-state index in [9.17, 15) is 13.2 Å². The minimum absolute atomic E-state index is 0.00822. The van der Waals surface area contributed by atoms with Crippen LogP contribution in [-0.2, 0) is 15.3 Å². The van der Waals surface area contributed by atoms with Gasteiger partial charge in [0.1, 0.15) is 11.0 Å². The monoisotopic (exact) mass is 457 g/mol. The van der Waals surface area contributed by atoms with Crippen molar-refractivity contribution in [1.29, 1.82) is 0 Å². The van der Waals surface area contributed by atoms with Crippen LogP contribution in [0.2, 0.25) is 0 Å². The van der Waals surface area contributed by atoms with Gasteiger partial charge in [-0.2, -0.15) is 0 Å². The summed E-state index contributed by atoms with van der Waals surface area (Å²) in [5, 5.41) is 3.76. The number of hydrogen-bond donors (Lipinski definition) is 1. The molecule has 1 aromatic heterocycles. The Hall–Kier alpha value is -2.64. The fourth-order valence-electron chi connectivity index (χ4n) is 3.18. The Balaban J connectivity index is 1.81. The van der Waals surface area contributed by atoms with Crippen LogP contribution in [0.3, 0.4) is 0 Å². The number of benzene rings is 2. The van der Waals surface area contributed by atoms with Crippen molar-refractivity contribution in [3.63, 3.8) is 0 Å². The summed E-state index contributed by atoms with van der Waals surface area (Å²) in [5.41, 5.74) is 1.62. The number of hydrogen-bond acceptors (Lipinski definition) is 5. The van der Waals surface area contributed by atoms with Crippen LogP contribution in [-0.4, -0.2) is 28.0 Å². The topological polar surface area (TPSA) is 72.5 Å². The predicted molar refractivity (Wildman–Crippen MR) is 125 cm³/mol. The Morgan fingerprint density at radius 2 is 1.68 bits per heavy atom. The van der Waals surface area contributed by atoms with Gasteiger partial charge in [-0.1, -0.05) is 39.0 Å². The van der Waals surface area contributed by atoms with Crippen LogP contribution in [0.25, 0.3) is 0 Å². The predicted octanol–water partition coefficient (Wildman–Crippen LogP) is 5.00. The standard InChI is InChI=1S/C24H27NO4S2/c1-24(2,3)18-9-7-17(8-10-18)23(26)25-16-22(21-6-5-15-30-21)31(27,28)20-13-11-19(29-4)12-14-20/h5-15,22H,16H2,1-4H3,(H,25,26)/t22-/m1/s1. The lowest BCUT2D eigenvalue weighted by Gasteiger charge is -2.20. The molecule has 0 aliphatic carbocycles. The van der Waals surface area contributed by atoms with Crippen molar-refractivity contribution in [3.8, 4) is 5.75 Å². The van der Waals surface area contributed by atoms with Crippen molar-refractivity contribution >= 4 is 27.1 Å². The molecule has 3 aromatic rings. The molecule has 0 aliphatic heterocycles. The average molecular weight is 458 g/mol. The van der Waals surface area contributed by atoms with Gasteiger partial charge in [-0.15, -0.1) is 11.3 Å². The zero-order valence-corrected chi connectivity index (χ0v) is 19.7. The summed E-state index contributed by atoms with van der Waals surface area (Å²) in [6.07, 6.45) is 0. The maximum absolute atomic E-state index is 13.3. The van der Waals surface area contributed by atoms with E-state index in [1.165, 1.54) is 30.6 Å². The van der Waals surface area contributed by atoms with Gasteiger partial charge >= 0.3 is 0 Å². The van der Waals surface area contributed by atoms with Crippen molar-refractivity contribution in [2.24, 2.45) is 0 Å². The molecular weight excluding hydrogens is 430 g/mol. The van der Waals surface area contributed by atoms with Crippen molar-refractivity contribution in [3.05, 3.63) is 82.0 Å². The lowest BCUT2D eigenvalue weighted by Crippen LogP contribution is -2.31. The van der Waals surface area contributed by atoms with Crippen LogP contribution in [0.5, 0.6) is 5.75 Å². The molecular formula is C24H27NO4S2. The molecule has 1 atom stereocenters. The zero-order valence-electron chi connectivity index (χ0n) is 18.1. The van der Waals surface area contributed by atoms with Gasteiger partial charge in [-0.3, -0.25) is 4.79 Å². The van der Waals surface area contributed by atoms with Crippen molar-refractivity contribution in [1.82, 2.24) is 5.32 Å². The second-order valence-corrected chi connectivity index (χ2v) is 11.4. The van der Waals surface area contributed by atoms with Crippen LogP contribution >= 0.6 is 11.3 Å². The van der Waals surface area contributed by atoms with Gasteiger partial charge in [0, 0.05) is 17.0 Å². The first-order chi connectivity index (χ1) is 14.6. The highest BCUT2D eigenvalue weighted by Crippen LogP contribution is 2.32. The summed E-state index contributed by atoms with van der Waals surface area (Å²) in [4.78, 5) is 13.6. The first kappa shape index (κ1) is 23.0. The number of thiophene rings is 1. The molecule has 31 heavy (non-hydrogen) atoms. The largest absolute Gasteiger partial charge is 0.497 e. The number of methoxy groups -OCH3 is 1. The average Bonchev–Trinajstić information content (AvgIpc) is 3.27. The fraction of sp³-hybridized carbons (Fsp3) is 0.292. The van der Waals surface area contributed by atoms with E-state index in [0.29, 0.717) is 16.2 Å². The quantitative estimate of drug-likeness (QED) is 0.542. The highest BCUT2D eigenvalue weighted by atomic mass is 32.2. The first-order valence-corrected chi connectivity index (χ1v) is 12.4. The maximum atomic E-state index is 13.3. The molecule has 5 nitrogen and oxygen atoms in total. The molecule has 1 heterocycles. The molecule has 0 spiro atoms. The molecule has 1 N–H and O–H groups in total. The van der Waals surface area contributed by atoms with Crippen molar-refractivity contribution < 1.29 is 17.9 Å². The normalized spacial score (nSPS) is 12.9. The first-order valence-electron chi connectivity index (χ1n) is 9.93. The van der Waals surface area contributed by atoms with Crippen LogP contribution in [0.4, 0.5) is 0 Å². The van der Waals surface area contributed by atoms with Crippen LogP contribution < -0.4 is 10.1 Å².